The summed E-state index contributed by atoms with van der Waals surface area (Å²) in [5.41, 5.74) is -0.223. The van der Waals surface area contributed by atoms with Gasteiger partial charge in [-0.25, -0.2) is 9.97 Å². The molecule has 3 nitrogen and oxygen atoms in total. The number of hydrogen-bond donors (Lipinski definition) is 0. The summed E-state index contributed by atoms with van der Waals surface area (Å²) in [4.78, 5) is 8.40. The minimum absolute atomic E-state index is 0.223. The molecule has 0 saturated heterocycles. The maximum atomic E-state index is 5.88. The van der Waals surface area contributed by atoms with Gasteiger partial charge in [0.1, 0.15) is 11.0 Å². The first kappa shape index (κ1) is 11.9. The van der Waals surface area contributed by atoms with E-state index >= 15 is 0 Å². The first-order valence-electron chi connectivity index (χ1n) is 4.15. The van der Waals surface area contributed by atoms with Crippen molar-refractivity contribution in [1.29, 1.82) is 0 Å². The third-order valence-electron chi connectivity index (χ3n) is 1.81. The zero-order valence-electron chi connectivity index (χ0n) is 8.34. The number of methoxy groups -OCH3 is 1. The standard InChI is InChI=1S/C9H12BrClN2O/c1-9(2,5-14-3)8-12-4-6(10)7(11)13-8/h4H,5H2,1-3H3. The summed E-state index contributed by atoms with van der Waals surface area (Å²) in [6.07, 6.45) is 1.65. The van der Waals surface area contributed by atoms with Crippen LogP contribution in [0.15, 0.2) is 10.7 Å². The normalized spacial score (nSPS) is 11.8. The molecule has 14 heavy (non-hydrogen) atoms. The molecule has 0 fully saturated rings. The molecule has 1 aromatic heterocycles. The predicted molar refractivity (Wildman–Crippen MR) is 59.6 cm³/mol. The average molecular weight is 280 g/mol. The number of aromatic nitrogens is 2. The van der Waals surface area contributed by atoms with Gasteiger partial charge in [0.15, 0.2) is 0 Å². The number of rotatable bonds is 3. The van der Waals surface area contributed by atoms with Crippen LogP contribution in [0.25, 0.3) is 0 Å². The summed E-state index contributed by atoms with van der Waals surface area (Å²) in [7, 11) is 1.65. The van der Waals surface area contributed by atoms with Crippen molar-refractivity contribution in [3.8, 4) is 0 Å². The Morgan fingerprint density at radius 1 is 1.57 bits per heavy atom. The van der Waals surface area contributed by atoms with Gasteiger partial charge in [-0.1, -0.05) is 25.4 Å². The fourth-order valence-corrected chi connectivity index (χ4v) is 1.42. The molecule has 0 aliphatic heterocycles. The van der Waals surface area contributed by atoms with Gasteiger partial charge in [-0.3, -0.25) is 0 Å². The highest BCUT2D eigenvalue weighted by molar-refractivity contribution is 9.10. The molecule has 5 heteroatoms. The van der Waals surface area contributed by atoms with Crippen molar-refractivity contribution in [3.05, 3.63) is 21.6 Å². The van der Waals surface area contributed by atoms with E-state index < -0.39 is 0 Å². The smallest absolute Gasteiger partial charge is 0.146 e. The van der Waals surface area contributed by atoms with Crippen LogP contribution in [0, 0.1) is 0 Å². The maximum absolute atomic E-state index is 5.88. The van der Waals surface area contributed by atoms with E-state index in [4.69, 9.17) is 16.3 Å². The second-order valence-corrected chi connectivity index (χ2v) is 4.86. The van der Waals surface area contributed by atoms with Crippen LogP contribution < -0.4 is 0 Å². The summed E-state index contributed by atoms with van der Waals surface area (Å²) in [6.45, 7) is 4.58. The van der Waals surface area contributed by atoms with E-state index in [2.05, 4.69) is 25.9 Å². The molecule has 0 spiro atoms. The van der Waals surface area contributed by atoms with E-state index in [1.54, 1.807) is 13.3 Å². The fourth-order valence-electron chi connectivity index (χ4n) is 1.10. The highest BCUT2D eigenvalue weighted by Gasteiger charge is 2.24. The molecule has 0 aliphatic rings. The molecular weight excluding hydrogens is 267 g/mol. The van der Waals surface area contributed by atoms with Gasteiger partial charge >= 0.3 is 0 Å². The highest BCUT2D eigenvalue weighted by atomic mass is 79.9. The van der Waals surface area contributed by atoms with Gasteiger partial charge in [-0.15, -0.1) is 0 Å². The molecule has 1 heterocycles. The molecule has 0 N–H and O–H groups in total. The Balaban J connectivity index is 3.01. The van der Waals surface area contributed by atoms with E-state index in [1.165, 1.54) is 0 Å². The minimum Gasteiger partial charge on any atom is -0.384 e. The Bertz CT molecular complexity index is 331. The molecule has 0 unspecified atom stereocenters. The van der Waals surface area contributed by atoms with E-state index in [-0.39, 0.29) is 5.41 Å². The first-order chi connectivity index (χ1) is 6.47. The zero-order valence-corrected chi connectivity index (χ0v) is 10.7. The van der Waals surface area contributed by atoms with Gasteiger partial charge < -0.3 is 4.74 Å². The van der Waals surface area contributed by atoms with Crippen molar-refractivity contribution in [3.63, 3.8) is 0 Å². The van der Waals surface area contributed by atoms with Crippen molar-refractivity contribution < 1.29 is 4.74 Å². The molecule has 0 bridgehead atoms. The van der Waals surface area contributed by atoms with Crippen molar-refractivity contribution >= 4 is 27.5 Å². The number of halogens is 2. The largest absolute Gasteiger partial charge is 0.384 e. The Morgan fingerprint density at radius 3 is 2.71 bits per heavy atom. The lowest BCUT2D eigenvalue weighted by Crippen LogP contribution is -2.26. The lowest BCUT2D eigenvalue weighted by Gasteiger charge is -2.21. The molecule has 0 aliphatic carbocycles. The van der Waals surface area contributed by atoms with Crippen LogP contribution in [-0.2, 0) is 10.2 Å². The minimum atomic E-state index is -0.223. The van der Waals surface area contributed by atoms with Crippen molar-refractivity contribution in [2.45, 2.75) is 19.3 Å². The Morgan fingerprint density at radius 2 is 2.21 bits per heavy atom. The lowest BCUT2D eigenvalue weighted by atomic mass is 9.94. The molecule has 78 valence electrons. The van der Waals surface area contributed by atoms with Gasteiger partial charge in [0.2, 0.25) is 0 Å². The number of ether oxygens (including phenoxy) is 1. The summed E-state index contributed by atoms with van der Waals surface area (Å²) in [6, 6.07) is 0. The monoisotopic (exact) mass is 278 g/mol. The van der Waals surface area contributed by atoms with Gasteiger partial charge in [0.25, 0.3) is 0 Å². The quantitative estimate of drug-likeness (QED) is 0.798. The average Bonchev–Trinajstić information content (AvgIpc) is 2.09. The molecule has 0 aromatic carbocycles. The van der Waals surface area contributed by atoms with E-state index in [1.807, 2.05) is 13.8 Å². The van der Waals surface area contributed by atoms with Crippen molar-refractivity contribution in [2.24, 2.45) is 0 Å². The molecular formula is C9H12BrClN2O. The number of nitrogens with zero attached hydrogens (tertiary/aromatic N) is 2. The Kier molecular flexibility index (Phi) is 3.86. The van der Waals surface area contributed by atoms with Crippen LogP contribution in [0.4, 0.5) is 0 Å². The summed E-state index contributed by atoms with van der Waals surface area (Å²) in [5, 5.41) is 0.430. The Labute approximate surface area is 97.0 Å². The number of hydrogen-bond acceptors (Lipinski definition) is 3. The topological polar surface area (TPSA) is 35.0 Å². The molecule has 0 amide bonds. The van der Waals surface area contributed by atoms with Crippen LogP contribution in [0.5, 0.6) is 0 Å². The van der Waals surface area contributed by atoms with Crippen LogP contribution in [0.3, 0.4) is 0 Å². The molecule has 0 saturated carbocycles. The van der Waals surface area contributed by atoms with Gasteiger partial charge in [-0.05, 0) is 15.9 Å². The second kappa shape index (κ2) is 4.55. The van der Waals surface area contributed by atoms with Gasteiger partial charge in [0.05, 0.1) is 11.1 Å². The third-order valence-corrected chi connectivity index (χ3v) is 2.91. The summed E-state index contributed by atoms with van der Waals surface area (Å²) < 4.78 is 5.80. The lowest BCUT2D eigenvalue weighted by molar-refractivity contribution is 0.142. The highest BCUT2D eigenvalue weighted by Crippen LogP contribution is 2.24. The Hall–Kier alpha value is -0.190. The molecule has 0 atom stereocenters. The van der Waals surface area contributed by atoms with E-state index in [0.29, 0.717) is 22.1 Å². The van der Waals surface area contributed by atoms with Crippen LogP contribution in [0.1, 0.15) is 19.7 Å². The van der Waals surface area contributed by atoms with Crippen molar-refractivity contribution in [2.75, 3.05) is 13.7 Å². The van der Waals surface area contributed by atoms with Gasteiger partial charge in [0, 0.05) is 18.7 Å². The molecule has 1 rings (SSSR count). The zero-order chi connectivity index (χ0) is 10.8. The second-order valence-electron chi connectivity index (χ2n) is 3.65. The van der Waals surface area contributed by atoms with E-state index in [9.17, 15) is 0 Å². The van der Waals surface area contributed by atoms with E-state index in [0.717, 1.165) is 0 Å². The first-order valence-corrected chi connectivity index (χ1v) is 5.32. The van der Waals surface area contributed by atoms with Gasteiger partial charge in [-0.2, -0.15) is 0 Å². The van der Waals surface area contributed by atoms with Crippen molar-refractivity contribution in [1.82, 2.24) is 9.97 Å². The maximum Gasteiger partial charge on any atom is 0.146 e. The molecule has 1 aromatic rings. The predicted octanol–water partition coefficient (Wildman–Crippen LogP) is 2.82. The van der Waals surface area contributed by atoms with Crippen LogP contribution in [-0.4, -0.2) is 23.7 Å². The van der Waals surface area contributed by atoms with Crippen LogP contribution >= 0.6 is 27.5 Å². The van der Waals surface area contributed by atoms with Crippen LogP contribution in [0.2, 0.25) is 5.15 Å². The molecule has 0 radical (unpaired) electrons. The summed E-state index contributed by atoms with van der Waals surface area (Å²) >= 11 is 9.13. The fraction of sp³-hybridized carbons (Fsp3) is 0.556. The SMILES string of the molecule is COCC(C)(C)c1ncc(Br)c(Cl)n1. The summed E-state index contributed by atoms with van der Waals surface area (Å²) in [5.74, 6) is 0.688. The third kappa shape index (κ3) is 2.65.